The number of nitrogens with one attached hydrogen (secondary N) is 1. The van der Waals surface area contributed by atoms with Crippen molar-refractivity contribution in [3.8, 4) is 0 Å². The third-order valence-electron chi connectivity index (χ3n) is 3.11. The van der Waals surface area contributed by atoms with E-state index in [4.69, 9.17) is 4.42 Å². The number of hydrogen-bond acceptors (Lipinski definition) is 3. The van der Waals surface area contributed by atoms with Gasteiger partial charge in [-0.2, -0.15) is 0 Å². The largest absolute Gasteiger partial charge is 0.469 e. The highest BCUT2D eigenvalue weighted by molar-refractivity contribution is 5.95. The van der Waals surface area contributed by atoms with Crippen LogP contribution in [0.4, 0.5) is 0 Å². The highest BCUT2D eigenvalue weighted by Crippen LogP contribution is 2.16. The predicted octanol–water partition coefficient (Wildman–Crippen LogP) is 1.41. The molecule has 4 nitrogen and oxygen atoms in total. The summed E-state index contributed by atoms with van der Waals surface area (Å²) in [6.45, 7) is 7.58. The molecule has 2 heterocycles. The summed E-state index contributed by atoms with van der Waals surface area (Å²) < 4.78 is 5.18. The van der Waals surface area contributed by atoms with E-state index in [1.165, 1.54) is 0 Å². The van der Waals surface area contributed by atoms with E-state index >= 15 is 0 Å². The molecule has 1 amide bonds. The van der Waals surface area contributed by atoms with Crippen molar-refractivity contribution in [1.82, 2.24) is 10.2 Å². The molecule has 1 N–H and O–H groups in total. The number of amides is 1. The second-order valence-electron chi connectivity index (χ2n) is 4.51. The molecule has 1 fully saturated rings. The molecular weight excluding hydrogens is 204 g/mol. The molecule has 16 heavy (non-hydrogen) atoms. The van der Waals surface area contributed by atoms with Gasteiger partial charge in [-0.15, -0.1) is 0 Å². The van der Waals surface area contributed by atoms with E-state index in [2.05, 4.69) is 19.2 Å². The van der Waals surface area contributed by atoms with Crippen molar-refractivity contribution in [2.24, 2.45) is 0 Å². The molecule has 1 saturated heterocycles. The van der Waals surface area contributed by atoms with Crippen LogP contribution in [0, 0.1) is 6.92 Å². The van der Waals surface area contributed by atoms with Crippen molar-refractivity contribution in [3.05, 3.63) is 23.7 Å². The summed E-state index contributed by atoms with van der Waals surface area (Å²) in [5, 5.41) is 3.36. The van der Waals surface area contributed by atoms with Crippen LogP contribution in [0.15, 0.2) is 16.7 Å². The van der Waals surface area contributed by atoms with Crippen LogP contribution in [-0.2, 0) is 0 Å². The fourth-order valence-electron chi connectivity index (χ4n) is 2.07. The smallest absolute Gasteiger partial charge is 0.257 e. The minimum Gasteiger partial charge on any atom is -0.469 e. The van der Waals surface area contributed by atoms with Crippen molar-refractivity contribution >= 4 is 5.91 Å². The lowest BCUT2D eigenvalue weighted by atomic mass is 10.1. The molecule has 1 aromatic heterocycles. The summed E-state index contributed by atoms with van der Waals surface area (Å²) in [4.78, 5) is 14.2. The lowest BCUT2D eigenvalue weighted by Crippen LogP contribution is -2.56. The van der Waals surface area contributed by atoms with Crippen LogP contribution in [0.1, 0.15) is 30.0 Å². The van der Waals surface area contributed by atoms with Crippen LogP contribution in [-0.4, -0.2) is 36.0 Å². The third-order valence-corrected chi connectivity index (χ3v) is 3.11. The van der Waals surface area contributed by atoms with E-state index in [9.17, 15) is 4.79 Å². The van der Waals surface area contributed by atoms with Crippen LogP contribution in [0.5, 0.6) is 0 Å². The molecule has 1 aliphatic heterocycles. The van der Waals surface area contributed by atoms with E-state index in [0.717, 1.165) is 13.1 Å². The molecule has 2 rings (SSSR count). The Bertz CT molecular complexity index is 386. The quantitative estimate of drug-likeness (QED) is 0.781. The predicted molar refractivity (Wildman–Crippen MR) is 61.4 cm³/mol. The number of rotatable bonds is 1. The topological polar surface area (TPSA) is 45.5 Å². The first-order valence-corrected chi connectivity index (χ1v) is 5.68. The van der Waals surface area contributed by atoms with E-state index in [-0.39, 0.29) is 11.9 Å². The second kappa shape index (κ2) is 4.29. The molecule has 0 saturated carbocycles. The Labute approximate surface area is 95.6 Å². The van der Waals surface area contributed by atoms with Crippen molar-refractivity contribution < 1.29 is 9.21 Å². The normalized spacial score (nSPS) is 25.8. The number of piperazine rings is 1. The van der Waals surface area contributed by atoms with Crippen LogP contribution in [0.2, 0.25) is 0 Å². The summed E-state index contributed by atoms with van der Waals surface area (Å²) in [7, 11) is 0. The Kier molecular flexibility index (Phi) is 3.01. The van der Waals surface area contributed by atoms with E-state index in [1.807, 2.05) is 11.8 Å². The number of aryl methyl sites for hydroxylation is 1. The van der Waals surface area contributed by atoms with Gasteiger partial charge in [-0.3, -0.25) is 4.79 Å². The maximum absolute atomic E-state index is 12.3. The summed E-state index contributed by atoms with van der Waals surface area (Å²) in [5.41, 5.74) is 0.681. The van der Waals surface area contributed by atoms with E-state index < -0.39 is 0 Å². The minimum atomic E-state index is 0.0760. The summed E-state index contributed by atoms with van der Waals surface area (Å²) in [6.07, 6.45) is 1.57. The van der Waals surface area contributed by atoms with Crippen molar-refractivity contribution in [2.75, 3.05) is 13.1 Å². The van der Waals surface area contributed by atoms with Gasteiger partial charge in [0.2, 0.25) is 0 Å². The van der Waals surface area contributed by atoms with Gasteiger partial charge in [0.25, 0.3) is 5.91 Å². The second-order valence-corrected chi connectivity index (χ2v) is 4.51. The number of hydrogen-bond donors (Lipinski definition) is 1. The Hall–Kier alpha value is -1.29. The molecule has 88 valence electrons. The maximum atomic E-state index is 12.3. The van der Waals surface area contributed by atoms with Crippen LogP contribution >= 0.6 is 0 Å². The highest BCUT2D eigenvalue weighted by Gasteiger charge is 2.28. The molecule has 1 aliphatic rings. The maximum Gasteiger partial charge on any atom is 0.257 e. The van der Waals surface area contributed by atoms with Crippen molar-refractivity contribution in [1.29, 1.82) is 0 Å². The first-order valence-electron chi connectivity index (χ1n) is 5.68. The third kappa shape index (κ3) is 1.97. The summed E-state index contributed by atoms with van der Waals surface area (Å²) >= 11 is 0. The summed E-state index contributed by atoms with van der Waals surface area (Å²) in [5.74, 6) is 0.774. The zero-order valence-electron chi connectivity index (χ0n) is 9.99. The molecule has 2 atom stereocenters. The van der Waals surface area contributed by atoms with Gasteiger partial charge in [-0.25, -0.2) is 0 Å². The molecule has 4 heteroatoms. The van der Waals surface area contributed by atoms with Gasteiger partial charge in [-0.05, 0) is 26.8 Å². The zero-order chi connectivity index (χ0) is 11.7. The molecule has 0 bridgehead atoms. The lowest BCUT2D eigenvalue weighted by Gasteiger charge is -2.37. The van der Waals surface area contributed by atoms with Gasteiger partial charge in [-0.1, -0.05) is 0 Å². The zero-order valence-corrected chi connectivity index (χ0v) is 9.99. The minimum absolute atomic E-state index is 0.0760. The first kappa shape index (κ1) is 11.2. The monoisotopic (exact) mass is 222 g/mol. The Morgan fingerprint density at radius 1 is 1.56 bits per heavy atom. The average molecular weight is 222 g/mol. The molecule has 0 aromatic carbocycles. The molecule has 0 radical (unpaired) electrons. The standard InChI is InChI=1S/C12H18N2O2/c1-8-7-14(9(2)6-13-8)12(15)11-4-5-16-10(11)3/h4-5,8-9,13H,6-7H2,1-3H3. The van der Waals surface area contributed by atoms with Crippen LogP contribution in [0.3, 0.4) is 0 Å². The fraction of sp³-hybridized carbons (Fsp3) is 0.583. The number of furan rings is 1. The molecule has 2 unspecified atom stereocenters. The summed E-state index contributed by atoms with van der Waals surface area (Å²) in [6, 6.07) is 2.34. The lowest BCUT2D eigenvalue weighted by molar-refractivity contribution is 0.0614. The van der Waals surface area contributed by atoms with E-state index in [0.29, 0.717) is 17.4 Å². The van der Waals surface area contributed by atoms with Gasteiger partial charge in [0.05, 0.1) is 11.8 Å². The van der Waals surface area contributed by atoms with Gasteiger partial charge < -0.3 is 14.6 Å². The SMILES string of the molecule is Cc1occc1C(=O)N1CC(C)NCC1C. The Balaban J connectivity index is 2.18. The fourth-order valence-corrected chi connectivity index (χ4v) is 2.07. The number of carbonyl (C=O) groups is 1. The van der Waals surface area contributed by atoms with E-state index in [1.54, 1.807) is 12.3 Å². The Morgan fingerprint density at radius 3 is 2.94 bits per heavy atom. The van der Waals surface area contributed by atoms with Crippen LogP contribution < -0.4 is 5.32 Å². The molecule has 1 aromatic rings. The van der Waals surface area contributed by atoms with Gasteiger partial charge in [0.1, 0.15) is 5.76 Å². The highest BCUT2D eigenvalue weighted by atomic mass is 16.3. The average Bonchev–Trinajstić information content (AvgIpc) is 2.67. The van der Waals surface area contributed by atoms with Crippen LogP contribution in [0.25, 0.3) is 0 Å². The van der Waals surface area contributed by atoms with Gasteiger partial charge in [0, 0.05) is 25.2 Å². The van der Waals surface area contributed by atoms with Gasteiger partial charge >= 0.3 is 0 Å². The Morgan fingerprint density at radius 2 is 2.31 bits per heavy atom. The molecule has 0 aliphatic carbocycles. The molecule has 0 spiro atoms. The molecular formula is C12H18N2O2. The first-order chi connectivity index (χ1) is 7.59. The van der Waals surface area contributed by atoms with Gasteiger partial charge in [0.15, 0.2) is 0 Å². The number of nitrogens with zero attached hydrogens (tertiary/aromatic N) is 1. The van der Waals surface area contributed by atoms with Crippen molar-refractivity contribution in [3.63, 3.8) is 0 Å². The number of carbonyl (C=O) groups excluding carboxylic acids is 1. The van der Waals surface area contributed by atoms with Crippen molar-refractivity contribution in [2.45, 2.75) is 32.9 Å².